The summed E-state index contributed by atoms with van der Waals surface area (Å²) < 4.78 is 11.7. The number of benzene rings is 1. The molecule has 12 nitrogen and oxygen atoms in total. The zero-order chi connectivity index (χ0) is 31.7. The minimum Gasteiger partial charge on any atom is -0.507 e. The number of carbonyl (C=O) groups excluding carboxylic acids is 1. The van der Waals surface area contributed by atoms with Crippen molar-refractivity contribution in [3.8, 4) is 22.9 Å². The van der Waals surface area contributed by atoms with Crippen molar-refractivity contribution in [3.63, 3.8) is 0 Å². The normalized spacial score (nSPS) is 22.0. The predicted molar refractivity (Wildman–Crippen MR) is 174 cm³/mol. The molecule has 3 N–H and O–H groups in total. The Bertz CT molecular complexity index is 1500. The van der Waals surface area contributed by atoms with Crippen LogP contribution >= 0.6 is 0 Å². The number of amides is 1. The van der Waals surface area contributed by atoms with Gasteiger partial charge < -0.3 is 35.0 Å². The Labute approximate surface area is 264 Å². The van der Waals surface area contributed by atoms with E-state index in [0.29, 0.717) is 54.7 Å². The molecule has 2 bridgehead atoms. The van der Waals surface area contributed by atoms with Crippen molar-refractivity contribution < 1.29 is 19.4 Å². The van der Waals surface area contributed by atoms with Crippen molar-refractivity contribution in [3.05, 3.63) is 48.7 Å². The minimum absolute atomic E-state index is 0.165. The number of anilines is 3. The third kappa shape index (κ3) is 6.85. The van der Waals surface area contributed by atoms with Crippen LogP contribution in [0, 0.1) is 0 Å². The molecule has 0 saturated carbocycles. The van der Waals surface area contributed by atoms with Gasteiger partial charge >= 0.3 is 6.09 Å². The number of phenols is 1. The maximum Gasteiger partial charge on any atom is 0.410 e. The van der Waals surface area contributed by atoms with Gasteiger partial charge in [0.05, 0.1) is 11.4 Å². The number of nitrogen functional groups attached to an aromatic ring is 1. The SMILES string of the molecule is C[C@@H]1CN(C(=O)OC(C)(C)C)CCN1CCOc1cc(N2[C@@H]3CC[C@@H]2CN(c2cc(-c4ccccc4O)nnc2N)C3)ccn1. The van der Waals surface area contributed by atoms with Crippen LogP contribution in [0.15, 0.2) is 48.7 Å². The summed E-state index contributed by atoms with van der Waals surface area (Å²) in [5.74, 6) is 1.17. The van der Waals surface area contributed by atoms with Crippen LogP contribution in [0.25, 0.3) is 11.3 Å². The first-order valence-electron chi connectivity index (χ1n) is 15.8. The van der Waals surface area contributed by atoms with Crippen molar-refractivity contribution in [1.29, 1.82) is 0 Å². The van der Waals surface area contributed by atoms with Crippen LogP contribution in [0.1, 0.15) is 40.5 Å². The number of hydrogen-bond donors (Lipinski definition) is 2. The lowest BCUT2D eigenvalue weighted by atomic mass is 10.1. The molecule has 3 aromatic rings. The standard InChI is InChI=1S/C33H44N8O4/c1-22-19-39(32(43)45-33(2,3)4)14-13-38(22)15-16-44-30-17-23(11-12-35-30)41-24-9-10-25(41)21-40(20-24)28-18-27(36-37-31(28)34)26-7-5-6-8-29(26)42/h5-8,11-12,17-18,22,24-25,42H,9-10,13-16,19-21H2,1-4H3,(H2,34,37)/t22-,24-,25-/m1/s1. The highest BCUT2D eigenvalue weighted by molar-refractivity contribution is 5.74. The molecular weight excluding hydrogens is 572 g/mol. The van der Waals surface area contributed by atoms with Crippen LogP contribution in [0.3, 0.4) is 0 Å². The molecule has 1 aromatic carbocycles. The summed E-state index contributed by atoms with van der Waals surface area (Å²) >= 11 is 0. The summed E-state index contributed by atoms with van der Waals surface area (Å²) in [5.41, 5.74) is 9.02. The molecule has 45 heavy (non-hydrogen) atoms. The van der Waals surface area contributed by atoms with Gasteiger partial charge in [0.15, 0.2) is 5.82 Å². The summed E-state index contributed by atoms with van der Waals surface area (Å²) in [6.45, 7) is 12.7. The number of aromatic hydroxyl groups is 1. The number of para-hydroxylation sites is 1. The van der Waals surface area contributed by atoms with Gasteiger partial charge in [-0.3, -0.25) is 4.90 Å². The van der Waals surface area contributed by atoms with Crippen LogP contribution in [0.5, 0.6) is 11.6 Å². The van der Waals surface area contributed by atoms with E-state index in [-0.39, 0.29) is 17.9 Å². The van der Waals surface area contributed by atoms with E-state index in [0.717, 1.165) is 50.4 Å². The van der Waals surface area contributed by atoms with Gasteiger partial charge in [-0.2, -0.15) is 0 Å². The van der Waals surface area contributed by atoms with Gasteiger partial charge in [-0.05, 0) is 64.8 Å². The van der Waals surface area contributed by atoms with Gasteiger partial charge in [0.1, 0.15) is 18.0 Å². The van der Waals surface area contributed by atoms with E-state index in [9.17, 15) is 9.90 Å². The van der Waals surface area contributed by atoms with Crippen molar-refractivity contribution in [2.75, 3.05) is 61.4 Å². The summed E-state index contributed by atoms with van der Waals surface area (Å²) in [6.07, 6.45) is 3.73. The molecule has 5 heterocycles. The molecule has 6 rings (SSSR count). The summed E-state index contributed by atoms with van der Waals surface area (Å²) in [7, 11) is 0. The quantitative estimate of drug-likeness (QED) is 0.399. The number of rotatable bonds is 7. The fourth-order valence-corrected chi connectivity index (χ4v) is 6.71. The second-order valence-electron chi connectivity index (χ2n) is 13.2. The fourth-order valence-electron chi connectivity index (χ4n) is 6.71. The Hall–Kier alpha value is -4.32. The van der Waals surface area contributed by atoms with Crippen LogP contribution in [-0.2, 0) is 4.74 Å². The van der Waals surface area contributed by atoms with Crippen molar-refractivity contribution >= 4 is 23.3 Å². The lowest BCUT2D eigenvalue weighted by Crippen LogP contribution is -2.55. The number of ether oxygens (including phenoxy) is 2. The van der Waals surface area contributed by atoms with Crippen LogP contribution < -0.4 is 20.3 Å². The second kappa shape index (κ2) is 12.6. The van der Waals surface area contributed by atoms with E-state index >= 15 is 0 Å². The number of carbonyl (C=O) groups is 1. The Morgan fingerprint density at radius 2 is 1.80 bits per heavy atom. The third-order valence-corrected chi connectivity index (χ3v) is 8.87. The smallest absolute Gasteiger partial charge is 0.410 e. The number of hydrogen-bond acceptors (Lipinski definition) is 11. The van der Waals surface area contributed by atoms with E-state index in [1.54, 1.807) is 17.0 Å². The van der Waals surface area contributed by atoms with E-state index in [1.165, 1.54) is 0 Å². The molecule has 0 aliphatic carbocycles. The lowest BCUT2D eigenvalue weighted by molar-refractivity contribution is 0.00424. The highest BCUT2D eigenvalue weighted by atomic mass is 16.6. The molecule has 240 valence electrons. The van der Waals surface area contributed by atoms with Gasteiger partial charge in [-0.25, -0.2) is 9.78 Å². The number of piperazine rings is 2. The third-order valence-electron chi connectivity index (χ3n) is 8.87. The first kappa shape index (κ1) is 30.7. The molecule has 0 unspecified atom stereocenters. The van der Waals surface area contributed by atoms with Gasteiger partial charge in [-0.1, -0.05) is 12.1 Å². The lowest BCUT2D eigenvalue weighted by Gasteiger charge is -2.43. The van der Waals surface area contributed by atoms with E-state index in [1.807, 2.05) is 51.2 Å². The monoisotopic (exact) mass is 616 g/mol. The number of nitrogens with zero attached hydrogens (tertiary/aromatic N) is 7. The van der Waals surface area contributed by atoms with Gasteiger partial charge in [0.25, 0.3) is 0 Å². The number of nitrogens with two attached hydrogens (primary N) is 1. The number of fused-ring (bicyclic) bond motifs is 2. The van der Waals surface area contributed by atoms with E-state index in [2.05, 4.69) is 42.9 Å². The van der Waals surface area contributed by atoms with E-state index in [4.69, 9.17) is 15.2 Å². The number of pyridine rings is 1. The summed E-state index contributed by atoms with van der Waals surface area (Å²) in [6, 6.07) is 14.0. The molecular formula is C33H44N8O4. The molecule has 3 atom stereocenters. The Kier molecular flexibility index (Phi) is 8.59. The highest BCUT2D eigenvalue weighted by Gasteiger charge is 2.41. The molecule has 2 aromatic heterocycles. The first-order valence-corrected chi connectivity index (χ1v) is 15.8. The molecule has 0 radical (unpaired) electrons. The Morgan fingerprint density at radius 1 is 1.04 bits per heavy atom. The maximum absolute atomic E-state index is 12.5. The molecule has 0 spiro atoms. The van der Waals surface area contributed by atoms with Crippen LogP contribution in [0.2, 0.25) is 0 Å². The highest BCUT2D eigenvalue weighted by Crippen LogP contribution is 2.39. The van der Waals surface area contributed by atoms with Crippen LogP contribution in [0.4, 0.5) is 22.0 Å². The minimum atomic E-state index is -0.497. The number of aromatic nitrogens is 3. The average Bonchev–Trinajstić information content (AvgIpc) is 3.27. The first-order chi connectivity index (χ1) is 21.6. The van der Waals surface area contributed by atoms with Crippen molar-refractivity contribution in [1.82, 2.24) is 25.0 Å². The largest absolute Gasteiger partial charge is 0.507 e. The number of phenolic OH excluding ortho intramolecular Hbond substituents is 1. The average molecular weight is 617 g/mol. The van der Waals surface area contributed by atoms with E-state index < -0.39 is 5.60 Å². The zero-order valence-electron chi connectivity index (χ0n) is 26.6. The van der Waals surface area contributed by atoms with Crippen LogP contribution in [-0.4, -0.2) is 106 Å². The summed E-state index contributed by atoms with van der Waals surface area (Å²) in [4.78, 5) is 25.9. The van der Waals surface area contributed by atoms with Gasteiger partial charge in [0, 0.05) is 80.9 Å². The molecule has 12 heteroatoms. The fraction of sp³-hybridized carbons (Fsp3) is 0.515. The van der Waals surface area contributed by atoms with Crippen molar-refractivity contribution in [2.24, 2.45) is 0 Å². The predicted octanol–water partition coefficient (Wildman–Crippen LogP) is 4.00. The molecule has 3 fully saturated rings. The molecule has 3 aliphatic heterocycles. The molecule has 1 amide bonds. The Balaban J connectivity index is 1.05. The Morgan fingerprint density at radius 3 is 2.51 bits per heavy atom. The molecule has 3 saturated heterocycles. The van der Waals surface area contributed by atoms with Gasteiger partial charge in [0.2, 0.25) is 5.88 Å². The topological polar surface area (TPSA) is 133 Å². The van der Waals surface area contributed by atoms with Crippen molar-refractivity contribution in [2.45, 2.75) is 64.3 Å². The van der Waals surface area contributed by atoms with Gasteiger partial charge in [-0.15, -0.1) is 10.2 Å². The molecule has 3 aliphatic rings. The zero-order valence-corrected chi connectivity index (χ0v) is 26.6. The second-order valence-corrected chi connectivity index (χ2v) is 13.2. The maximum atomic E-state index is 12.5. The summed E-state index contributed by atoms with van der Waals surface area (Å²) in [5, 5.41) is 18.8.